The van der Waals surface area contributed by atoms with Crippen LogP contribution in [-0.2, 0) is 65.4 Å². The quantitative estimate of drug-likeness (QED) is 0.0169. The van der Waals surface area contributed by atoms with Gasteiger partial charge in [0.05, 0.1) is 26.4 Å². The van der Waals surface area contributed by atoms with E-state index in [1.165, 1.54) is 231 Å². The summed E-state index contributed by atoms with van der Waals surface area (Å²) in [6.45, 7) is 9.58. The van der Waals surface area contributed by atoms with Crippen LogP contribution in [0.5, 0.6) is 0 Å². The van der Waals surface area contributed by atoms with Crippen LogP contribution < -0.4 is 0 Å². The highest BCUT2D eigenvalue weighted by molar-refractivity contribution is 7.47. The normalized spacial score (nSPS) is 14.2. The highest BCUT2D eigenvalue weighted by Crippen LogP contribution is 2.45. The molecule has 6 atom stereocenters. The van der Waals surface area contributed by atoms with E-state index in [9.17, 15) is 43.2 Å². The molecule has 105 heavy (non-hydrogen) atoms. The monoisotopic (exact) mass is 1530 g/mol. The lowest BCUT2D eigenvalue weighted by molar-refractivity contribution is -0.161. The molecule has 0 amide bonds. The van der Waals surface area contributed by atoms with E-state index in [4.69, 9.17) is 37.0 Å². The first-order valence-corrected chi connectivity index (χ1v) is 46.8. The van der Waals surface area contributed by atoms with Crippen LogP contribution in [-0.4, -0.2) is 96.7 Å². The molecule has 0 aromatic rings. The summed E-state index contributed by atoms with van der Waals surface area (Å²) in [7, 11) is -9.94. The third kappa shape index (κ3) is 78.0. The Bertz CT molecular complexity index is 2110. The van der Waals surface area contributed by atoms with Gasteiger partial charge in [0.15, 0.2) is 12.2 Å². The molecule has 620 valence electrons. The number of phosphoric acid groups is 2. The van der Waals surface area contributed by atoms with Crippen molar-refractivity contribution in [2.45, 2.75) is 452 Å². The van der Waals surface area contributed by atoms with E-state index in [0.29, 0.717) is 31.6 Å². The number of aliphatic hydroxyl groups excluding tert-OH is 1. The average Bonchev–Trinajstić information content (AvgIpc) is 0.913. The summed E-state index contributed by atoms with van der Waals surface area (Å²) in [4.78, 5) is 73.1. The summed E-state index contributed by atoms with van der Waals surface area (Å²) in [6, 6.07) is 0. The second-order valence-electron chi connectivity index (χ2n) is 31.0. The van der Waals surface area contributed by atoms with Crippen molar-refractivity contribution in [1.29, 1.82) is 0 Å². The molecule has 0 bridgehead atoms. The predicted molar refractivity (Wildman–Crippen MR) is 432 cm³/mol. The molecule has 0 radical (unpaired) electrons. The molecule has 0 fully saturated rings. The minimum atomic E-state index is -4.97. The molecule has 0 aliphatic rings. The van der Waals surface area contributed by atoms with Gasteiger partial charge >= 0.3 is 39.5 Å². The lowest BCUT2D eigenvalue weighted by Gasteiger charge is -2.21. The van der Waals surface area contributed by atoms with E-state index in [2.05, 4.69) is 65.8 Å². The third-order valence-electron chi connectivity index (χ3n) is 19.9. The molecular formula is C86H164O17P2. The van der Waals surface area contributed by atoms with Gasteiger partial charge in [-0.05, 0) is 63.2 Å². The van der Waals surface area contributed by atoms with Gasteiger partial charge in [0.1, 0.15) is 19.3 Å². The van der Waals surface area contributed by atoms with Gasteiger partial charge in [-0.2, -0.15) is 0 Å². The van der Waals surface area contributed by atoms with Crippen LogP contribution in [0.3, 0.4) is 0 Å². The number of carbonyl (C=O) groups is 4. The summed E-state index contributed by atoms with van der Waals surface area (Å²) in [5.41, 5.74) is 0. The lowest BCUT2D eigenvalue weighted by atomic mass is 9.99. The second-order valence-corrected chi connectivity index (χ2v) is 33.9. The smallest absolute Gasteiger partial charge is 0.462 e. The van der Waals surface area contributed by atoms with E-state index in [1.54, 1.807) is 0 Å². The number of hydrogen-bond donors (Lipinski definition) is 3. The van der Waals surface area contributed by atoms with Gasteiger partial charge in [0.2, 0.25) is 0 Å². The van der Waals surface area contributed by atoms with Crippen LogP contribution in [0.2, 0.25) is 0 Å². The first-order chi connectivity index (χ1) is 50.9. The molecule has 0 aliphatic heterocycles. The number of allylic oxidation sites excluding steroid dienone is 4. The van der Waals surface area contributed by atoms with Crippen LogP contribution in [0.25, 0.3) is 0 Å². The Hall–Kier alpha value is -2.46. The zero-order valence-electron chi connectivity index (χ0n) is 68.5. The van der Waals surface area contributed by atoms with Crippen molar-refractivity contribution in [2.24, 2.45) is 11.8 Å². The van der Waals surface area contributed by atoms with Crippen LogP contribution in [0.4, 0.5) is 0 Å². The minimum absolute atomic E-state index is 0.0842. The molecule has 0 saturated carbocycles. The summed E-state index contributed by atoms with van der Waals surface area (Å²) >= 11 is 0. The number of rotatable bonds is 83. The highest BCUT2D eigenvalue weighted by Gasteiger charge is 2.30. The Kier molecular flexibility index (Phi) is 75.1. The summed E-state index contributed by atoms with van der Waals surface area (Å²) < 4.78 is 68.8. The van der Waals surface area contributed by atoms with E-state index >= 15 is 0 Å². The lowest BCUT2D eigenvalue weighted by Crippen LogP contribution is -2.30. The van der Waals surface area contributed by atoms with Crippen molar-refractivity contribution in [2.75, 3.05) is 39.6 Å². The zero-order chi connectivity index (χ0) is 77.1. The van der Waals surface area contributed by atoms with Crippen molar-refractivity contribution in [1.82, 2.24) is 0 Å². The second kappa shape index (κ2) is 76.9. The minimum Gasteiger partial charge on any atom is -0.462 e. The van der Waals surface area contributed by atoms with Crippen LogP contribution in [0.15, 0.2) is 24.3 Å². The van der Waals surface area contributed by atoms with Crippen LogP contribution in [0.1, 0.15) is 433 Å². The van der Waals surface area contributed by atoms with E-state index in [0.717, 1.165) is 115 Å². The molecule has 0 saturated heterocycles. The average molecular weight is 1530 g/mol. The largest absolute Gasteiger partial charge is 0.472 e. The van der Waals surface area contributed by atoms with Gasteiger partial charge in [-0.15, -0.1) is 0 Å². The van der Waals surface area contributed by atoms with E-state index in [-0.39, 0.29) is 25.7 Å². The van der Waals surface area contributed by atoms with Gasteiger partial charge < -0.3 is 33.8 Å². The number of esters is 4. The topological polar surface area (TPSA) is 237 Å². The predicted octanol–water partition coefficient (Wildman–Crippen LogP) is 25.8. The zero-order valence-corrected chi connectivity index (χ0v) is 70.3. The van der Waals surface area contributed by atoms with E-state index in [1.807, 2.05) is 0 Å². The van der Waals surface area contributed by atoms with Gasteiger partial charge in [-0.1, -0.05) is 380 Å². The standard InChI is InChI=1S/C86H164O17P2/c1-7-10-12-14-16-18-20-22-24-25-26-30-34-37-41-45-49-56-62-68-83(88)96-74-81(102-85(90)70-65-59-51-47-43-39-35-31-28-27-29-33-36-40-44-48-55-61-67-79(6)9-3)76-100-104(92,93)98-72-80(87)73-99-105(94,95)101-77-82(75-97-84(89)69-63-57-53-52-54-60-66-78(4)5)103-86(91)71-64-58-50-46-42-38-32-23-21-19-17-15-13-11-8-2/h19,21,23,32,78-82,87H,7-18,20,22,24-31,33-77H2,1-6H3,(H,92,93)(H,94,95)/b21-19-,32-23-/t79?,80-,81-,82-/m1/s1. The van der Waals surface area contributed by atoms with Gasteiger partial charge in [0, 0.05) is 25.7 Å². The van der Waals surface area contributed by atoms with Gasteiger partial charge in [-0.3, -0.25) is 37.3 Å². The van der Waals surface area contributed by atoms with Crippen molar-refractivity contribution in [3.05, 3.63) is 24.3 Å². The molecule has 0 aliphatic carbocycles. The molecule has 19 heteroatoms. The number of carbonyl (C=O) groups excluding carboxylic acids is 4. The van der Waals surface area contributed by atoms with Crippen molar-refractivity contribution >= 4 is 39.5 Å². The fourth-order valence-electron chi connectivity index (χ4n) is 12.8. The molecular weight excluding hydrogens is 1370 g/mol. The molecule has 3 N–H and O–H groups in total. The number of unbranched alkanes of at least 4 members (excludes halogenated alkanes) is 49. The Morgan fingerprint density at radius 1 is 0.314 bits per heavy atom. The SMILES string of the molecule is CCCCCC/C=C\C=C/CCCCCCCC(=O)O[C@H](COC(=O)CCCCCCCCC(C)C)COP(=O)(O)OC[C@H](O)COP(=O)(O)OC[C@@H](COC(=O)CCCCCCCCCCCCCCCCCCCCC)OC(=O)CCCCCCCCCCCCCCCCCCCCC(C)CC. The molecule has 0 heterocycles. The van der Waals surface area contributed by atoms with Crippen molar-refractivity contribution in [3.8, 4) is 0 Å². The fourth-order valence-corrected chi connectivity index (χ4v) is 14.4. The number of ether oxygens (including phenoxy) is 4. The number of aliphatic hydroxyl groups is 1. The first kappa shape index (κ1) is 103. The Morgan fingerprint density at radius 2 is 0.562 bits per heavy atom. The Balaban J connectivity index is 5.23. The molecule has 3 unspecified atom stereocenters. The van der Waals surface area contributed by atoms with Gasteiger partial charge in [0.25, 0.3) is 0 Å². The van der Waals surface area contributed by atoms with Crippen molar-refractivity contribution in [3.63, 3.8) is 0 Å². The molecule has 17 nitrogen and oxygen atoms in total. The summed E-state index contributed by atoms with van der Waals surface area (Å²) in [5.74, 6) is -0.591. The van der Waals surface area contributed by atoms with Crippen LogP contribution >= 0.6 is 15.6 Å². The first-order valence-electron chi connectivity index (χ1n) is 43.8. The fraction of sp³-hybridized carbons (Fsp3) is 0.907. The van der Waals surface area contributed by atoms with E-state index < -0.39 is 97.5 Å². The maximum Gasteiger partial charge on any atom is 0.472 e. The number of hydrogen-bond acceptors (Lipinski definition) is 15. The third-order valence-corrected chi connectivity index (χ3v) is 21.8. The number of phosphoric ester groups is 2. The Morgan fingerprint density at radius 3 is 0.857 bits per heavy atom. The molecule has 0 spiro atoms. The summed E-state index contributed by atoms with van der Waals surface area (Å²) in [5, 5.41) is 10.7. The maximum atomic E-state index is 13.1. The molecule has 0 rings (SSSR count). The molecule has 0 aromatic carbocycles. The summed E-state index contributed by atoms with van der Waals surface area (Å²) in [6.07, 6.45) is 71.9. The van der Waals surface area contributed by atoms with Crippen LogP contribution in [0, 0.1) is 11.8 Å². The highest BCUT2D eigenvalue weighted by atomic mass is 31.2. The molecule has 0 aromatic heterocycles. The Labute approximate surface area is 643 Å². The maximum absolute atomic E-state index is 13.1. The van der Waals surface area contributed by atoms with Gasteiger partial charge in [-0.25, -0.2) is 9.13 Å². The van der Waals surface area contributed by atoms with Crippen molar-refractivity contribution < 1.29 is 80.2 Å².